The molecule has 0 saturated carbocycles. The van der Waals surface area contributed by atoms with E-state index >= 15 is 0 Å². The van der Waals surface area contributed by atoms with E-state index in [1.807, 2.05) is 44.2 Å². The third-order valence-electron chi connectivity index (χ3n) is 5.11. The summed E-state index contributed by atoms with van der Waals surface area (Å²) in [5, 5.41) is 11.9. The molecular weight excluding hydrogens is 358 g/mol. The molecule has 1 aliphatic heterocycles. The fourth-order valence-electron chi connectivity index (χ4n) is 3.53. The number of rotatable bonds is 8. The van der Waals surface area contributed by atoms with E-state index in [1.54, 1.807) is 4.90 Å². The number of nitrogens with zero attached hydrogens (tertiary/aromatic N) is 1. The number of aliphatic carboxylic acids is 1. The van der Waals surface area contributed by atoms with Crippen LogP contribution in [0.1, 0.15) is 38.7 Å². The van der Waals surface area contributed by atoms with Crippen LogP contribution in [-0.4, -0.2) is 53.0 Å². The minimum Gasteiger partial charge on any atom is -0.480 e. The van der Waals surface area contributed by atoms with Gasteiger partial charge in [-0.2, -0.15) is 0 Å². The van der Waals surface area contributed by atoms with Crippen molar-refractivity contribution in [2.45, 2.75) is 51.6 Å². The highest BCUT2D eigenvalue weighted by Gasteiger charge is 2.31. The van der Waals surface area contributed by atoms with Crippen molar-refractivity contribution in [3.8, 4) is 0 Å². The summed E-state index contributed by atoms with van der Waals surface area (Å²) in [5.41, 5.74) is 7.10. The zero-order valence-electron chi connectivity index (χ0n) is 16.6. The Bertz CT molecular complexity index is 669. The number of hydrogen-bond donors (Lipinski definition) is 3. The maximum absolute atomic E-state index is 12.6. The fourth-order valence-corrected chi connectivity index (χ4v) is 3.53. The number of benzene rings is 1. The molecule has 4 N–H and O–H groups in total. The fraction of sp³-hybridized carbons (Fsp3) is 0.571. The highest BCUT2D eigenvalue weighted by atomic mass is 16.4. The maximum Gasteiger partial charge on any atom is 0.326 e. The molecule has 0 bridgehead atoms. The Morgan fingerprint density at radius 1 is 1.18 bits per heavy atom. The highest BCUT2D eigenvalue weighted by molar-refractivity contribution is 5.86. The average molecular weight is 389 g/mol. The molecule has 7 nitrogen and oxygen atoms in total. The Morgan fingerprint density at radius 2 is 1.79 bits per heavy atom. The first-order chi connectivity index (χ1) is 13.3. The second kappa shape index (κ2) is 10.2. The van der Waals surface area contributed by atoms with Crippen LogP contribution in [-0.2, 0) is 20.8 Å². The maximum atomic E-state index is 12.6. The summed E-state index contributed by atoms with van der Waals surface area (Å²) in [4.78, 5) is 38.1. The first-order valence-electron chi connectivity index (χ1n) is 9.89. The number of amides is 2. The number of likely N-dealkylation sites (tertiary alicyclic amines) is 1. The number of carboxylic acid groups (broad SMARTS) is 1. The zero-order chi connectivity index (χ0) is 20.7. The molecule has 0 aliphatic carbocycles. The number of piperidine rings is 1. The molecule has 0 radical (unpaired) electrons. The minimum absolute atomic E-state index is 0.106. The average Bonchev–Trinajstić information content (AvgIpc) is 2.67. The molecule has 1 heterocycles. The second-order valence-electron chi connectivity index (χ2n) is 7.92. The number of nitrogens with one attached hydrogen (secondary N) is 1. The van der Waals surface area contributed by atoms with Gasteiger partial charge in [-0.15, -0.1) is 0 Å². The van der Waals surface area contributed by atoms with Gasteiger partial charge in [0.2, 0.25) is 11.8 Å². The van der Waals surface area contributed by atoms with Crippen LogP contribution in [0.4, 0.5) is 0 Å². The van der Waals surface area contributed by atoms with Crippen molar-refractivity contribution in [1.82, 2.24) is 10.2 Å². The van der Waals surface area contributed by atoms with Crippen molar-refractivity contribution < 1.29 is 19.5 Å². The van der Waals surface area contributed by atoms with E-state index in [-0.39, 0.29) is 23.7 Å². The summed E-state index contributed by atoms with van der Waals surface area (Å²) in [5.74, 6) is -1.46. The predicted molar refractivity (Wildman–Crippen MR) is 106 cm³/mol. The Morgan fingerprint density at radius 3 is 2.32 bits per heavy atom. The Kier molecular flexibility index (Phi) is 7.99. The topological polar surface area (TPSA) is 113 Å². The summed E-state index contributed by atoms with van der Waals surface area (Å²) in [6.07, 6.45) is 1.91. The zero-order valence-corrected chi connectivity index (χ0v) is 16.6. The van der Waals surface area contributed by atoms with Gasteiger partial charge in [-0.1, -0.05) is 44.2 Å². The van der Waals surface area contributed by atoms with Crippen molar-refractivity contribution in [2.75, 3.05) is 13.1 Å². The van der Waals surface area contributed by atoms with Crippen LogP contribution in [0.2, 0.25) is 0 Å². The van der Waals surface area contributed by atoms with Crippen LogP contribution in [0.15, 0.2) is 30.3 Å². The molecular formula is C21H31N3O4. The van der Waals surface area contributed by atoms with E-state index in [0.717, 1.165) is 5.56 Å². The molecule has 2 rings (SSSR count). The number of nitrogens with two attached hydrogens (primary N) is 1. The van der Waals surface area contributed by atoms with Crippen molar-refractivity contribution >= 4 is 17.8 Å². The van der Waals surface area contributed by atoms with E-state index < -0.39 is 18.1 Å². The Balaban J connectivity index is 1.83. The number of carbonyl (C=O) groups excluding carboxylic acids is 2. The van der Waals surface area contributed by atoms with Gasteiger partial charge in [0.1, 0.15) is 6.04 Å². The normalized spacial score (nSPS) is 17.2. The summed E-state index contributed by atoms with van der Waals surface area (Å²) >= 11 is 0. The SMILES string of the molecule is CC(C)C[C@H](NC(=O)C1CCN(C(=O)[C@@H](N)Cc2ccccc2)CC1)C(=O)O. The monoisotopic (exact) mass is 389 g/mol. The molecule has 2 atom stereocenters. The standard InChI is InChI=1S/C21H31N3O4/c1-14(2)12-18(21(27)28)23-19(25)16-8-10-24(11-9-16)20(26)17(22)13-15-6-4-3-5-7-15/h3-7,14,16-18H,8-13,22H2,1-2H3,(H,23,25)(H,27,28)/t17-,18-/m0/s1. The van der Waals surface area contributed by atoms with Crippen molar-refractivity contribution in [2.24, 2.45) is 17.6 Å². The van der Waals surface area contributed by atoms with E-state index in [1.165, 1.54) is 0 Å². The molecule has 28 heavy (non-hydrogen) atoms. The molecule has 7 heteroatoms. The quantitative estimate of drug-likeness (QED) is 0.622. The largest absolute Gasteiger partial charge is 0.480 e. The lowest BCUT2D eigenvalue weighted by molar-refractivity contribution is -0.143. The molecule has 0 aromatic heterocycles. The predicted octanol–water partition coefficient (Wildman–Crippen LogP) is 1.41. The first kappa shape index (κ1) is 21.9. The van der Waals surface area contributed by atoms with E-state index in [2.05, 4.69) is 5.32 Å². The molecule has 1 aliphatic rings. The Hall–Kier alpha value is -2.41. The molecule has 154 valence electrons. The van der Waals surface area contributed by atoms with Crippen molar-refractivity contribution in [3.63, 3.8) is 0 Å². The van der Waals surface area contributed by atoms with Gasteiger partial charge in [-0.25, -0.2) is 4.79 Å². The van der Waals surface area contributed by atoms with Crippen LogP contribution in [0.5, 0.6) is 0 Å². The van der Waals surface area contributed by atoms with Gasteiger partial charge < -0.3 is 21.1 Å². The lowest BCUT2D eigenvalue weighted by Crippen LogP contribution is -2.51. The van der Waals surface area contributed by atoms with Crippen LogP contribution >= 0.6 is 0 Å². The lowest BCUT2D eigenvalue weighted by atomic mass is 9.94. The van der Waals surface area contributed by atoms with Crippen molar-refractivity contribution in [3.05, 3.63) is 35.9 Å². The summed E-state index contributed by atoms with van der Waals surface area (Å²) in [6.45, 7) is 4.76. The van der Waals surface area contributed by atoms with Gasteiger partial charge in [0.05, 0.1) is 6.04 Å². The van der Waals surface area contributed by atoms with Gasteiger partial charge >= 0.3 is 5.97 Å². The lowest BCUT2D eigenvalue weighted by Gasteiger charge is -2.33. The molecule has 1 aromatic carbocycles. The number of carboxylic acids is 1. The number of hydrogen-bond acceptors (Lipinski definition) is 4. The van der Waals surface area contributed by atoms with Gasteiger partial charge in [0.15, 0.2) is 0 Å². The summed E-state index contributed by atoms with van der Waals surface area (Å²) in [6, 6.07) is 8.17. The van der Waals surface area contributed by atoms with Gasteiger partial charge in [-0.05, 0) is 37.2 Å². The third kappa shape index (κ3) is 6.34. The summed E-state index contributed by atoms with van der Waals surface area (Å²) < 4.78 is 0. The summed E-state index contributed by atoms with van der Waals surface area (Å²) in [7, 11) is 0. The molecule has 0 unspecified atom stereocenters. The molecule has 0 spiro atoms. The van der Waals surface area contributed by atoms with E-state index in [4.69, 9.17) is 5.73 Å². The van der Waals surface area contributed by atoms with Crippen LogP contribution in [0, 0.1) is 11.8 Å². The highest BCUT2D eigenvalue weighted by Crippen LogP contribution is 2.19. The van der Waals surface area contributed by atoms with E-state index in [0.29, 0.717) is 38.8 Å². The van der Waals surface area contributed by atoms with Crippen LogP contribution in [0.25, 0.3) is 0 Å². The smallest absolute Gasteiger partial charge is 0.326 e. The Labute approximate surface area is 166 Å². The van der Waals surface area contributed by atoms with Crippen molar-refractivity contribution in [1.29, 1.82) is 0 Å². The van der Waals surface area contributed by atoms with E-state index in [9.17, 15) is 19.5 Å². The van der Waals surface area contributed by atoms with Gasteiger partial charge in [0, 0.05) is 19.0 Å². The van der Waals surface area contributed by atoms with Crippen LogP contribution in [0.3, 0.4) is 0 Å². The molecule has 1 fully saturated rings. The van der Waals surface area contributed by atoms with Crippen LogP contribution < -0.4 is 11.1 Å². The third-order valence-corrected chi connectivity index (χ3v) is 5.11. The van der Waals surface area contributed by atoms with Gasteiger partial charge in [0.25, 0.3) is 0 Å². The molecule has 2 amide bonds. The minimum atomic E-state index is -1.01. The van der Waals surface area contributed by atoms with Gasteiger partial charge in [-0.3, -0.25) is 9.59 Å². The first-order valence-corrected chi connectivity index (χ1v) is 9.89. The molecule has 1 aromatic rings. The second-order valence-corrected chi connectivity index (χ2v) is 7.92. The number of carbonyl (C=O) groups is 3. The molecule has 1 saturated heterocycles.